The minimum Gasteiger partial charge on any atom is -0.497 e. The SMILES string of the molecule is COc1ccc(S(=O)(=O)N(CC(C)C)[C@@H](C2CCO[C@H]3OCC[C@@H]23)[C@@H](O)[C@H](Cc2ccccc2)OC(N)=O)cc1. The van der Waals surface area contributed by atoms with Crippen molar-refractivity contribution in [2.45, 2.75) is 62.5 Å². The number of nitrogens with two attached hydrogens (primary N) is 1. The number of aliphatic hydroxyl groups is 1. The van der Waals surface area contributed by atoms with Gasteiger partial charge in [0.2, 0.25) is 10.0 Å². The van der Waals surface area contributed by atoms with Crippen LogP contribution in [0.4, 0.5) is 4.79 Å². The van der Waals surface area contributed by atoms with Crippen LogP contribution >= 0.6 is 0 Å². The zero-order valence-corrected chi connectivity index (χ0v) is 24.0. The zero-order chi connectivity index (χ0) is 28.9. The maximum absolute atomic E-state index is 14.3. The fourth-order valence-electron chi connectivity index (χ4n) is 5.83. The van der Waals surface area contributed by atoms with Gasteiger partial charge in [-0.25, -0.2) is 13.2 Å². The highest BCUT2D eigenvalue weighted by atomic mass is 32.2. The molecule has 0 bridgehead atoms. The number of fused-ring (bicyclic) bond motifs is 1. The lowest BCUT2D eigenvalue weighted by Crippen LogP contribution is -2.59. The molecule has 3 N–H and O–H groups in total. The van der Waals surface area contributed by atoms with E-state index in [1.165, 1.54) is 23.5 Å². The van der Waals surface area contributed by atoms with Crippen LogP contribution in [0.3, 0.4) is 0 Å². The molecule has 10 nitrogen and oxygen atoms in total. The Bertz CT molecular complexity index is 1210. The maximum Gasteiger partial charge on any atom is 0.404 e. The summed E-state index contributed by atoms with van der Waals surface area (Å²) in [4.78, 5) is 12.1. The van der Waals surface area contributed by atoms with Crippen molar-refractivity contribution < 1.29 is 37.3 Å². The molecule has 40 heavy (non-hydrogen) atoms. The first kappa shape index (κ1) is 30.3. The molecule has 0 aliphatic carbocycles. The van der Waals surface area contributed by atoms with E-state index in [2.05, 4.69) is 0 Å². The van der Waals surface area contributed by atoms with Gasteiger partial charge >= 0.3 is 6.09 Å². The van der Waals surface area contributed by atoms with Crippen LogP contribution in [0.15, 0.2) is 59.5 Å². The minimum absolute atomic E-state index is 0.0668. The number of methoxy groups -OCH3 is 1. The van der Waals surface area contributed by atoms with E-state index in [0.29, 0.717) is 31.8 Å². The summed E-state index contributed by atoms with van der Waals surface area (Å²) < 4.78 is 52.4. The van der Waals surface area contributed by atoms with Gasteiger partial charge in [-0.05, 0) is 54.5 Å². The largest absolute Gasteiger partial charge is 0.497 e. The molecule has 11 heteroatoms. The van der Waals surface area contributed by atoms with Crippen molar-refractivity contribution in [1.29, 1.82) is 0 Å². The van der Waals surface area contributed by atoms with Crippen LogP contribution in [0.1, 0.15) is 32.3 Å². The number of ether oxygens (including phenoxy) is 4. The van der Waals surface area contributed by atoms with Gasteiger partial charge in [-0.1, -0.05) is 44.2 Å². The molecular weight excluding hydrogens is 536 g/mol. The molecule has 1 unspecified atom stereocenters. The lowest BCUT2D eigenvalue weighted by atomic mass is 9.77. The van der Waals surface area contributed by atoms with Crippen molar-refractivity contribution in [2.75, 3.05) is 26.9 Å². The molecule has 4 rings (SSSR count). The van der Waals surface area contributed by atoms with Crippen LogP contribution in [0.5, 0.6) is 5.75 Å². The van der Waals surface area contributed by atoms with Gasteiger partial charge in [-0.2, -0.15) is 4.31 Å². The lowest BCUT2D eigenvalue weighted by Gasteiger charge is -2.46. The highest BCUT2D eigenvalue weighted by Crippen LogP contribution is 2.42. The number of nitrogens with zero attached hydrogens (tertiary/aromatic N) is 1. The van der Waals surface area contributed by atoms with Crippen LogP contribution < -0.4 is 10.5 Å². The van der Waals surface area contributed by atoms with Gasteiger partial charge in [0.25, 0.3) is 0 Å². The second-order valence-corrected chi connectivity index (χ2v) is 12.7. The highest BCUT2D eigenvalue weighted by molar-refractivity contribution is 7.89. The average Bonchev–Trinajstić information content (AvgIpc) is 3.42. The Kier molecular flexibility index (Phi) is 10.1. The summed E-state index contributed by atoms with van der Waals surface area (Å²) in [6, 6.07) is 14.5. The van der Waals surface area contributed by atoms with Crippen LogP contribution in [0, 0.1) is 17.8 Å². The number of benzene rings is 2. The number of hydrogen-bond acceptors (Lipinski definition) is 8. The van der Waals surface area contributed by atoms with E-state index in [1.807, 2.05) is 44.2 Å². The molecule has 6 atom stereocenters. The Morgan fingerprint density at radius 1 is 1.07 bits per heavy atom. The summed E-state index contributed by atoms with van der Waals surface area (Å²) >= 11 is 0. The Morgan fingerprint density at radius 3 is 2.33 bits per heavy atom. The molecule has 0 radical (unpaired) electrons. The van der Waals surface area contributed by atoms with Crippen LogP contribution in [-0.2, 0) is 30.7 Å². The summed E-state index contributed by atoms with van der Waals surface area (Å²) in [5.41, 5.74) is 6.27. The molecule has 0 saturated carbocycles. The van der Waals surface area contributed by atoms with Crippen molar-refractivity contribution in [3.05, 3.63) is 60.2 Å². The molecule has 2 aliphatic rings. The third kappa shape index (κ3) is 6.95. The molecule has 2 aliphatic heterocycles. The predicted molar refractivity (Wildman–Crippen MR) is 148 cm³/mol. The second kappa shape index (κ2) is 13.3. The number of carbonyl (C=O) groups is 1. The molecular formula is C29H40N2O8S. The van der Waals surface area contributed by atoms with Gasteiger partial charge in [0, 0.05) is 18.9 Å². The van der Waals surface area contributed by atoms with Crippen molar-refractivity contribution in [3.63, 3.8) is 0 Å². The number of primary amides is 1. The fraction of sp³-hybridized carbons (Fsp3) is 0.552. The Morgan fingerprint density at radius 2 is 1.73 bits per heavy atom. The van der Waals surface area contributed by atoms with Gasteiger partial charge in [0.1, 0.15) is 18.0 Å². The number of aliphatic hydroxyl groups excluding tert-OH is 1. The first-order valence-electron chi connectivity index (χ1n) is 13.7. The molecule has 220 valence electrons. The molecule has 2 saturated heterocycles. The standard InChI is InChI=1S/C29H40N2O8S/c1-19(2)18-31(40(34,35)22-11-9-21(36-3)10-12-22)26(23-13-15-37-28-24(23)14-16-38-28)27(32)25(39-29(30)33)17-20-7-5-4-6-8-20/h4-12,19,23-28,32H,13-18H2,1-3H3,(H2,30,33)/t23?,24-,25-,26-,27-,28-/m0/s1. The van der Waals surface area contributed by atoms with Gasteiger partial charge in [0.05, 0.1) is 31.3 Å². The number of rotatable bonds is 12. The van der Waals surface area contributed by atoms with Crippen molar-refractivity contribution in [1.82, 2.24) is 4.31 Å². The maximum atomic E-state index is 14.3. The Hall–Kier alpha value is -2.70. The molecule has 0 spiro atoms. The summed E-state index contributed by atoms with van der Waals surface area (Å²) in [6.45, 7) is 4.82. The third-order valence-corrected chi connectivity index (χ3v) is 9.50. The number of amides is 1. The molecule has 1 amide bonds. The fourth-order valence-corrected chi connectivity index (χ4v) is 7.68. The Balaban J connectivity index is 1.81. The average molecular weight is 577 g/mol. The summed E-state index contributed by atoms with van der Waals surface area (Å²) in [5.74, 6) is -0.000203. The normalized spacial score (nSPS) is 23.4. The van der Waals surface area contributed by atoms with Gasteiger partial charge in [0.15, 0.2) is 6.29 Å². The summed E-state index contributed by atoms with van der Waals surface area (Å²) in [7, 11) is -2.60. The minimum atomic E-state index is -4.11. The van der Waals surface area contributed by atoms with Gasteiger partial charge < -0.3 is 29.8 Å². The van der Waals surface area contributed by atoms with Gasteiger partial charge in [-0.3, -0.25) is 0 Å². The first-order valence-corrected chi connectivity index (χ1v) is 15.1. The number of hydrogen-bond donors (Lipinski definition) is 2. The third-order valence-electron chi connectivity index (χ3n) is 7.63. The lowest BCUT2D eigenvalue weighted by molar-refractivity contribution is -0.180. The van der Waals surface area contributed by atoms with E-state index in [1.54, 1.807) is 12.1 Å². The molecule has 2 heterocycles. The summed E-state index contributed by atoms with van der Waals surface area (Å²) in [5, 5.41) is 12.1. The molecule has 2 fully saturated rings. The first-order chi connectivity index (χ1) is 19.1. The van der Waals surface area contributed by atoms with E-state index >= 15 is 0 Å². The van der Waals surface area contributed by atoms with Crippen molar-refractivity contribution in [3.8, 4) is 5.75 Å². The van der Waals surface area contributed by atoms with Crippen LogP contribution in [0.2, 0.25) is 0 Å². The zero-order valence-electron chi connectivity index (χ0n) is 23.2. The van der Waals surface area contributed by atoms with E-state index < -0.39 is 40.7 Å². The van der Waals surface area contributed by atoms with Crippen LogP contribution in [-0.4, -0.2) is 75.3 Å². The topological polar surface area (TPSA) is 138 Å². The van der Waals surface area contributed by atoms with Crippen molar-refractivity contribution in [2.24, 2.45) is 23.5 Å². The number of carbonyl (C=O) groups excluding carboxylic acids is 1. The van der Waals surface area contributed by atoms with E-state index in [4.69, 9.17) is 24.7 Å². The molecule has 2 aromatic carbocycles. The predicted octanol–water partition coefficient (Wildman–Crippen LogP) is 3.18. The second-order valence-electron chi connectivity index (χ2n) is 10.8. The summed E-state index contributed by atoms with van der Waals surface area (Å²) in [6.07, 6.45) is -2.67. The van der Waals surface area contributed by atoms with E-state index in [0.717, 1.165) is 5.56 Å². The molecule has 0 aromatic heterocycles. The molecule has 2 aromatic rings. The number of sulfonamides is 1. The van der Waals surface area contributed by atoms with Crippen molar-refractivity contribution >= 4 is 16.1 Å². The van der Waals surface area contributed by atoms with Crippen LogP contribution in [0.25, 0.3) is 0 Å². The highest BCUT2D eigenvalue weighted by Gasteiger charge is 2.51. The monoisotopic (exact) mass is 576 g/mol. The smallest absolute Gasteiger partial charge is 0.404 e. The van der Waals surface area contributed by atoms with Gasteiger partial charge in [-0.15, -0.1) is 0 Å². The van der Waals surface area contributed by atoms with E-state index in [-0.39, 0.29) is 35.6 Å². The Labute approximate surface area is 236 Å². The van der Waals surface area contributed by atoms with E-state index in [9.17, 15) is 18.3 Å². The quantitative estimate of drug-likeness (QED) is 0.393.